The van der Waals surface area contributed by atoms with Gasteiger partial charge in [-0.2, -0.15) is 13.2 Å². The van der Waals surface area contributed by atoms with E-state index in [2.05, 4.69) is 42.1 Å². The fraction of sp³-hybridized carbons (Fsp3) is 0.154. The zero-order chi connectivity index (χ0) is 29.0. The first-order valence-electron chi connectivity index (χ1n) is 11.6. The van der Waals surface area contributed by atoms with Crippen LogP contribution in [0.3, 0.4) is 0 Å². The van der Waals surface area contributed by atoms with Crippen LogP contribution in [-0.2, 0) is 11.0 Å². The summed E-state index contributed by atoms with van der Waals surface area (Å²) < 4.78 is 39.3. The number of carbonyl (C=O) groups excluding carboxylic acids is 2. The Hall–Kier alpha value is -4.36. The third-order valence-corrected chi connectivity index (χ3v) is 6.99. The molecule has 14 heteroatoms. The number of thiazole rings is 1. The summed E-state index contributed by atoms with van der Waals surface area (Å²) in [6.45, 7) is 6.95. The molecule has 0 saturated heterocycles. The van der Waals surface area contributed by atoms with Gasteiger partial charge in [-0.05, 0) is 38.1 Å². The summed E-state index contributed by atoms with van der Waals surface area (Å²) in [6.07, 6.45) is 3.75. The Kier molecular flexibility index (Phi) is 8.45. The smallest absolute Gasteiger partial charge is 0.346 e. The Labute approximate surface area is 234 Å². The number of hydrogen-bond acceptors (Lipinski definition) is 7. The summed E-state index contributed by atoms with van der Waals surface area (Å²) in [7, 11) is 0. The second-order valence-electron chi connectivity index (χ2n) is 8.42. The maximum absolute atomic E-state index is 13.1. The number of amides is 2. The molecule has 206 valence electrons. The number of aromatic nitrogens is 4. The first-order chi connectivity index (χ1) is 19.0. The number of carbonyl (C=O) groups is 2. The third kappa shape index (κ3) is 6.61. The molecular weight excluding hydrogens is 567 g/mol. The van der Waals surface area contributed by atoms with Gasteiger partial charge in [0.2, 0.25) is 5.91 Å². The van der Waals surface area contributed by atoms with Crippen LogP contribution in [0.2, 0.25) is 5.02 Å². The minimum Gasteiger partial charge on any atom is -0.346 e. The maximum Gasteiger partial charge on any atom is 0.418 e. The number of hydrogen-bond donors (Lipinski definition) is 3. The molecule has 0 fully saturated rings. The molecule has 1 atom stereocenters. The van der Waals surface area contributed by atoms with Gasteiger partial charge < -0.3 is 15.6 Å². The van der Waals surface area contributed by atoms with Gasteiger partial charge in [0, 0.05) is 41.3 Å². The van der Waals surface area contributed by atoms with Crippen LogP contribution in [0.4, 0.5) is 19.0 Å². The van der Waals surface area contributed by atoms with E-state index in [1.165, 1.54) is 12.4 Å². The number of aromatic amines is 1. The zero-order valence-electron chi connectivity index (χ0n) is 21.0. The fourth-order valence-electron chi connectivity index (χ4n) is 3.51. The highest BCUT2D eigenvalue weighted by atomic mass is 35.5. The van der Waals surface area contributed by atoms with Gasteiger partial charge in [0.1, 0.15) is 21.3 Å². The van der Waals surface area contributed by atoms with Crippen molar-refractivity contribution >= 4 is 57.3 Å². The number of halogens is 4. The van der Waals surface area contributed by atoms with Gasteiger partial charge in [0.05, 0.1) is 28.5 Å². The number of fused-ring (bicyclic) bond motifs is 1. The average Bonchev–Trinajstić information content (AvgIpc) is 3.58. The van der Waals surface area contributed by atoms with E-state index < -0.39 is 34.6 Å². The van der Waals surface area contributed by atoms with Crippen molar-refractivity contribution in [1.82, 2.24) is 25.3 Å². The van der Waals surface area contributed by atoms with E-state index in [1.807, 2.05) is 12.1 Å². The Morgan fingerprint density at radius 2 is 1.98 bits per heavy atom. The summed E-state index contributed by atoms with van der Waals surface area (Å²) >= 11 is 6.55. The molecule has 4 aromatic heterocycles. The van der Waals surface area contributed by atoms with Crippen LogP contribution in [0.5, 0.6) is 0 Å². The van der Waals surface area contributed by atoms with Crippen molar-refractivity contribution in [1.29, 1.82) is 0 Å². The van der Waals surface area contributed by atoms with Gasteiger partial charge >= 0.3 is 6.18 Å². The number of nitrogens with one attached hydrogen (secondary N) is 3. The highest BCUT2D eigenvalue weighted by molar-refractivity contribution is 7.13. The van der Waals surface area contributed by atoms with Crippen LogP contribution in [-0.4, -0.2) is 37.5 Å². The van der Waals surface area contributed by atoms with Gasteiger partial charge in [-0.15, -0.1) is 11.3 Å². The Morgan fingerprint density at radius 1 is 1.20 bits per heavy atom. The largest absolute Gasteiger partial charge is 0.418 e. The van der Waals surface area contributed by atoms with Gasteiger partial charge in [0.25, 0.3) is 5.91 Å². The van der Waals surface area contributed by atoms with E-state index in [-0.39, 0.29) is 10.7 Å². The number of alkyl halides is 3. The Balaban J connectivity index is 1.43. The number of H-pyrrole nitrogens is 1. The first kappa shape index (κ1) is 28.6. The van der Waals surface area contributed by atoms with Crippen molar-refractivity contribution in [3.05, 3.63) is 93.4 Å². The van der Waals surface area contributed by atoms with Crippen LogP contribution in [0.1, 0.15) is 45.7 Å². The average molecular weight is 588 g/mol. The van der Waals surface area contributed by atoms with Crippen LogP contribution in [0, 0.1) is 0 Å². The molecule has 0 spiro atoms. The summed E-state index contributed by atoms with van der Waals surface area (Å²) in [4.78, 5) is 45.1. The van der Waals surface area contributed by atoms with Gasteiger partial charge in [-0.1, -0.05) is 18.2 Å². The van der Waals surface area contributed by atoms with Crippen molar-refractivity contribution in [2.45, 2.75) is 26.1 Å². The predicted octanol–water partition coefficient (Wildman–Crippen LogP) is 6.10. The van der Waals surface area contributed by atoms with E-state index in [4.69, 9.17) is 11.6 Å². The number of nitrogens with zero attached hydrogens (tertiary/aromatic N) is 4. The van der Waals surface area contributed by atoms with Crippen LogP contribution < -0.4 is 10.6 Å². The Morgan fingerprint density at radius 3 is 2.70 bits per heavy atom. The number of aliphatic imine (C=N–C) groups is 1. The Bertz CT molecular complexity index is 1660. The normalized spacial score (nSPS) is 13.2. The molecule has 3 N–H and O–H groups in total. The van der Waals surface area contributed by atoms with Crippen molar-refractivity contribution < 1.29 is 22.8 Å². The molecule has 0 saturated carbocycles. The highest BCUT2D eigenvalue weighted by Gasteiger charge is 2.34. The van der Waals surface area contributed by atoms with Crippen molar-refractivity contribution in [3.8, 4) is 0 Å². The molecule has 9 nitrogen and oxygen atoms in total. The first-order valence-corrected chi connectivity index (χ1v) is 12.8. The predicted molar refractivity (Wildman–Crippen MR) is 147 cm³/mol. The lowest BCUT2D eigenvalue weighted by atomic mass is 10.1. The summed E-state index contributed by atoms with van der Waals surface area (Å²) in [6, 6.07) is 3.83. The molecule has 1 unspecified atom stereocenters. The summed E-state index contributed by atoms with van der Waals surface area (Å²) in [5, 5.41) is 5.82. The second-order valence-corrected chi connectivity index (χ2v) is 9.89. The third-order valence-electron chi connectivity index (χ3n) is 5.51. The molecule has 4 rings (SSSR count). The lowest BCUT2D eigenvalue weighted by Crippen LogP contribution is -2.27. The van der Waals surface area contributed by atoms with Crippen LogP contribution >= 0.6 is 22.9 Å². The molecule has 0 aliphatic carbocycles. The fourth-order valence-corrected chi connectivity index (χ4v) is 4.54. The maximum atomic E-state index is 13.1. The quantitative estimate of drug-likeness (QED) is 0.170. The molecule has 4 aromatic rings. The molecule has 2 amide bonds. The molecule has 0 bridgehead atoms. The molecule has 0 aliphatic rings. The second kappa shape index (κ2) is 11.8. The lowest BCUT2D eigenvalue weighted by Gasteiger charge is -2.12. The number of rotatable bonds is 8. The number of pyridine rings is 2. The summed E-state index contributed by atoms with van der Waals surface area (Å²) in [5.74, 6) is -1.42. The topological polar surface area (TPSA) is 125 Å². The molecule has 0 aromatic carbocycles. The zero-order valence-corrected chi connectivity index (χ0v) is 22.6. The molecule has 0 radical (unpaired) electrons. The molecule has 0 aliphatic heterocycles. The van der Waals surface area contributed by atoms with E-state index in [9.17, 15) is 22.8 Å². The standard InChI is InChI=1S/C26H21ClF3N7O2S/c1-4-31-19(16-8-15-5-6-32-22(15)34-10-16)7-13(2)23(38)36-14(3)25-35-12-20(40-25)24(39)37-21-9-17(26(28,29)30)18(27)11-33-21/h4-12,14H,1H2,2-3H3,(H,32,34)(H,36,38)(H,33,37,39)/b13-7+,31-19?. The number of allylic oxidation sites excluding steroid dienone is 1. The molecule has 40 heavy (non-hydrogen) atoms. The minimum absolute atomic E-state index is 0.113. The molecular formula is C26H21ClF3N7O2S. The van der Waals surface area contributed by atoms with Gasteiger partial charge in [-0.25, -0.2) is 15.0 Å². The van der Waals surface area contributed by atoms with Gasteiger partial charge in [-0.3, -0.25) is 14.6 Å². The van der Waals surface area contributed by atoms with Gasteiger partial charge in [0.15, 0.2) is 0 Å². The minimum atomic E-state index is -4.71. The van der Waals surface area contributed by atoms with Crippen LogP contribution in [0.15, 0.2) is 72.4 Å². The lowest BCUT2D eigenvalue weighted by molar-refractivity contribution is -0.137. The number of anilines is 1. The van der Waals surface area contributed by atoms with E-state index >= 15 is 0 Å². The molecule has 4 heterocycles. The van der Waals surface area contributed by atoms with Crippen molar-refractivity contribution in [3.63, 3.8) is 0 Å². The summed E-state index contributed by atoms with van der Waals surface area (Å²) in [5.41, 5.74) is 1.14. The van der Waals surface area contributed by atoms with E-state index in [0.717, 1.165) is 28.6 Å². The van der Waals surface area contributed by atoms with Crippen molar-refractivity contribution in [2.24, 2.45) is 4.99 Å². The monoisotopic (exact) mass is 587 g/mol. The SMILES string of the molecule is C=CN=C(/C=C(\C)C(=O)NC(C)c1ncc(C(=O)Nc2cc(C(F)(F)F)c(Cl)cn2)s1)c1cnc2[nH]ccc2c1. The van der Waals surface area contributed by atoms with Crippen molar-refractivity contribution in [2.75, 3.05) is 5.32 Å². The highest BCUT2D eigenvalue weighted by Crippen LogP contribution is 2.35. The van der Waals surface area contributed by atoms with Crippen LogP contribution in [0.25, 0.3) is 11.0 Å². The van der Waals surface area contributed by atoms with E-state index in [1.54, 1.807) is 32.3 Å². The van der Waals surface area contributed by atoms with E-state index in [0.29, 0.717) is 27.9 Å².